The van der Waals surface area contributed by atoms with E-state index in [-0.39, 0.29) is 0 Å². The molecule has 0 aromatic carbocycles. The molecule has 0 spiro atoms. The van der Waals surface area contributed by atoms with Crippen LogP contribution in [0.4, 0.5) is 0 Å². The number of aryl methyl sites for hydroxylation is 3. The lowest BCUT2D eigenvalue weighted by atomic mass is 10.2. The number of pyridine rings is 2. The third-order valence-corrected chi connectivity index (χ3v) is 3.41. The zero-order valence-electron chi connectivity index (χ0n) is 12.0. The van der Waals surface area contributed by atoms with Crippen molar-refractivity contribution in [2.75, 3.05) is 0 Å². The molecule has 1 radical (unpaired) electrons. The molecule has 3 aromatic heterocycles. The van der Waals surface area contributed by atoms with Crippen molar-refractivity contribution in [3.05, 3.63) is 53.2 Å². The van der Waals surface area contributed by atoms with Crippen LogP contribution in [0.2, 0.25) is 0 Å². The van der Waals surface area contributed by atoms with Gasteiger partial charge in [0.1, 0.15) is 11.3 Å². The SMILES string of the molecule is CCc1nc2c(C)cc(C)nc2n1Cc1cc[c]cn1. The molecule has 3 rings (SSSR count). The first-order valence-corrected chi connectivity index (χ1v) is 6.83. The van der Waals surface area contributed by atoms with Gasteiger partial charge in [0.25, 0.3) is 0 Å². The highest BCUT2D eigenvalue weighted by atomic mass is 15.1. The first kappa shape index (κ1) is 12.8. The first-order valence-electron chi connectivity index (χ1n) is 6.83. The summed E-state index contributed by atoms with van der Waals surface area (Å²) in [5.74, 6) is 1.05. The van der Waals surface area contributed by atoms with Crippen LogP contribution in [0.1, 0.15) is 29.7 Å². The predicted molar refractivity (Wildman–Crippen MR) is 78.6 cm³/mol. The standard InChI is InChI=1S/C16H17N4/c1-4-14-19-15-11(2)9-12(3)18-16(15)20(14)10-13-7-5-6-8-17-13/h5,7-9H,4,10H2,1-3H3. The summed E-state index contributed by atoms with van der Waals surface area (Å²) >= 11 is 0. The minimum Gasteiger partial charge on any atom is -0.307 e. The average Bonchev–Trinajstić information content (AvgIpc) is 2.78. The van der Waals surface area contributed by atoms with Crippen LogP contribution < -0.4 is 0 Å². The number of aromatic nitrogens is 4. The summed E-state index contributed by atoms with van der Waals surface area (Å²) in [6, 6.07) is 8.89. The summed E-state index contributed by atoms with van der Waals surface area (Å²) in [5, 5.41) is 0. The normalized spacial score (nSPS) is 11.2. The van der Waals surface area contributed by atoms with Gasteiger partial charge in [-0.15, -0.1) is 0 Å². The highest BCUT2D eigenvalue weighted by Gasteiger charge is 2.13. The van der Waals surface area contributed by atoms with Crippen molar-refractivity contribution >= 4 is 11.2 Å². The fourth-order valence-electron chi connectivity index (χ4n) is 2.49. The molecule has 0 fully saturated rings. The van der Waals surface area contributed by atoms with Crippen molar-refractivity contribution in [3.63, 3.8) is 0 Å². The van der Waals surface area contributed by atoms with Crippen molar-refractivity contribution in [3.8, 4) is 0 Å². The van der Waals surface area contributed by atoms with E-state index >= 15 is 0 Å². The van der Waals surface area contributed by atoms with Gasteiger partial charge in [-0.2, -0.15) is 0 Å². The van der Waals surface area contributed by atoms with Crippen LogP contribution in [0.3, 0.4) is 0 Å². The van der Waals surface area contributed by atoms with Gasteiger partial charge in [0, 0.05) is 24.4 Å². The van der Waals surface area contributed by atoms with E-state index in [1.54, 1.807) is 6.20 Å². The van der Waals surface area contributed by atoms with Gasteiger partial charge in [-0.1, -0.05) is 13.0 Å². The van der Waals surface area contributed by atoms with Crippen LogP contribution in [0.5, 0.6) is 0 Å². The molecule has 3 heterocycles. The maximum atomic E-state index is 4.73. The zero-order chi connectivity index (χ0) is 14.1. The van der Waals surface area contributed by atoms with Crippen molar-refractivity contribution in [2.45, 2.75) is 33.7 Å². The zero-order valence-corrected chi connectivity index (χ0v) is 12.0. The lowest BCUT2D eigenvalue weighted by Gasteiger charge is -2.07. The van der Waals surface area contributed by atoms with Crippen LogP contribution in [0.25, 0.3) is 11.2 Å². The van der Waals surface area contributed by atoms with Gasteiger partial charge in [-0.05, 0) is 31.5 Å². The molecule has 0 unspecified atom stereocenters. The van der Waals surface area contributed by atoms with Crippen molar-refractivity contribution in [1.82, 2.24) is 19.5 Å². The van der Waals surface area contributed by atoms with Crippen LogP contribution in [-0.2, 0) is 13.0 Å². The summed E-state index contributed by atoms with van der Waals surface area (Å²) in [7, 11) is 0. The Morgan fingerprint density at radius 2 is 2.10 bits per heavy atom. The number of hydrogen-bond acceptors (Lipinski definition) is 3. The number of nitrogens with zero attached hydrogens (tertiary/aromatic N) is 4. The molecule has 0 saturated carbocycles. The second-order valence-electron chi connectivity index (χ2n) is 4.97. The summed E-state index contributed by atoms with van der Waals surface area (Å²) in [5.41, 5.74) is 5.14. The molecule has 4 heteroatoms. The van der Waals surface area contributed by atoms with Gasteiger partial charge < -0.3 is 4.57 Å². The summed E-state index contributed by atoms with van der Waals surface area (Å²) < 4.78 is 2.16. The molecule has 4 nitrogen and oxygen atoms in total. The fraction of sp³-hybridized carbons (Fsp3) is 0.312. The molecule has 0 amide bonds. The van der Waals surface area contributed by atoms with Crippen molar-refractivity contribution in [2.24, 2.45) is 0 Å². The summed E-state index contributed by atoms with van der Waals surface area (Å²) in [6.07, 6.45) is 2.58. The Hall–Kier alpha value is -2.23. The van der Waals surface area contributed by atoms with Crippen LogP contribution in [0.15, 0.2) is 24.4 Å². The molecular weight excluding hydrogens is 248 g/mol. The third-order valence-electron chi connectivity index (χ3n) is 3.41. The molecule has 101 valence electrons. The maximum absolute atomic E-state index is 4.73. The second-order valence-corrected chi connectivity index (χ2v) is 4.97. The Morgan fingerprint density at radius 3 is 2.80 bits per heavy atom. The molecule has 0 aliphatic heterocycles. The van der Waals surface area contributed by atoms with Gasteiger partial charge in [0.2, 0.25) is 0 Å². The van der Waals surface area contributed by atoms with E-state index in [9.17, 15) is 0 Å². The lowest BCUT2D eigenvalue weighted by Crippen LogP contribution is -2.06. The molecule has 20 heavy (non-hydrogen) atoms. The molecule has 0 aliphatic rings. The Morgan fingerprint density at radius 1 is 1.25 bits per heavy atom. The van der Waals surface area contributed by atoms with Gasteiger partial charge in [-0.3, -0.25) is 4.98 Å². The van der Waals surface area contributed by atoms with E-state index in [1.165, 1.54) is 5.56 Å². The minimum atomic E-state index is 0.699. The van der Waals surface area contributed by atoms with Crippen LogP contribution in [-0.4, -0.2) is 19.5 Å². The third kappa shape index (κ3) is 2.18. The summed E-state index contributed by atoms with van der Waals surface area (Å²) in [4.78, 5) is 13.7. The fourth-order valence-corrected chi connectivity index (χ4v) is 2.49. The van der Waals surface area contributed by atoms with Crippen molar-refractivity contribution in [1.29, 1.82) is 0 Å². The minimum absolute atomic E-state index is 0.699. The number of fused-ring (bicyclic) bond motifs is 1. The maximum Gasteiger partial charge on any atom is 0.160 e. The highest BCUT2D eigenvalue weighted by molar-refractivity contribution is 5.76. The Labute approximate surface area is 118 Å². The van der Waals surface area contributed by atoms with Gasteiger partial charge >= 0.3 is 0 Å². The van der Waals surface area contributed by atoms with E-state index in [2.05, 4.69) is 40.5 Å². The molecule has 0 N–H and O–H groups in total. The monoisotopic (exact) mass is 265 g/mol. The molecule has 0 atom stereocenters. The molecular formula is C16H17N4. The summed E-state index contributed by atoms with van der Waals surface area (Å²) in [6.45, 7) is 6.92. The van der Waals surface area contributed by atoms with E-state index in [1.807, 2.05) is 19.1 Å². The van der Waals surface area contributed by atoms with E-state index in [4.69, 9.17) is 4.98 Å². The van der Waals surface area contributed by atoms with Gasteiger partial charge in [0.05, 0.1) is 12.2 Å². The Bertz CT molecular complexity index is 744. The van der Waals surface area contributed by atoms with E-state index in [0.29, 0.717) is 6.54 Å². The van der Waals surface area contributed by atoms with Gasteiger partial charge in [0.15, 0.2) is 5.65 Å². The highest BCUT2D eigenvalue weighted by Crippen LogP contribution is 2.20. The van der Waals surface area contributed by atoms with Gasteiger partial charge in [-0.25, -0.2) is 9.97 Å². The quantitative estimate of drug-likeness (QED) is 0.731. The average molecular weight is 265 g/mol. The number of hydrogen-bond donors (Lipinski definition) is 0. The van der Waals surface area contributed by atoms with E-state index < -0.39 is 0 Å². The lowest BCUT2D eigenvalue weighted by molar-refractivity contribution is 0.729. The Balaban J connectivity index is 2.17. The number of imidazole rings is 1. The molecule has 0 saturated heterocycles. The van der Waals surface area contributed by atoms with Crippen LogP contribution in [0, 0.1) is 19.9 Å². The molecule has 3 aromatic rings. The largest absolute Gasteiger partial charge is 0.307 e. The predicted octanol–water partition coefficient (Wildman–Crippen LogP) is 2.85. The molecule has 0 bridgehead atoms. The first-order chi connectivity index (χ1) is 9.69. The van der Waals surface area contributed by atoms with E-state index in [0.717, 1.165) is 34.8 Å². The van der Waals surface area contributed by atoms with Crippen LogP contribution >= 0.6 is 0 Å². The molecule has 0 aliphatic carbocycles. The van der Waals surface area contributed by atoms with Crippen molar-refractivity contribution < 1.29 is 0 Å². The number of rotatable bonds is 3. The smallest absolute Gasteiger partial charge is 0.160 e. The second kappa shape index (κ2) is 5.04. The topological polar surface area (TPSA) is 43.6 Å². The Kier molecular flexibility index (Phi) is 3.22.